The fourth-order valence-electron chi connectivity index (χ4n) is 3.44. The molecule has 0 spiro atoms. The molecule has 0 radical (unpaired) electrons. The molecule has 1 heterocycles. The monoisotopic (exact) mass is 288 g/mol. The molecular weight excluding hydrogens is 260 g/mol. The van der Waals surface area contributed by atoms with Gasteiger partial charge in [-0.05, 0) is 26.2 Å². The molecule has 1 unspecified atom stereocenters. The Labute approximate surface area is 119 Å². The molecule has 1 aliphatic heterocycles. The van der Waals surface area contributed by atoms with Crippen LogP contribution in [-0.4, -0.2) is 58.8 Å². The first kappa shape index (κ1) is 16.1. The van der Waals surface area contributed by atoms with Gasteiger partial charge in [0, 0.05) is 30.1 Å². The van der Waals surface area contributed by atoms with Gasteiger partial charge in [0.1, 0.15) is 0 Å². The standard InChI is InChI=1S/C13H28N4O3/c1-5(14)9-3-2-6(15)13(20-9)10-7(16)4-8(17)11(18)12(10)19/h5-13,18-19H,2-4,14-17H2,1H3/t5-,6-,7+,8-,9+,10?,11+,12+,13+/m1/s1. The Morgan fingerprint density at radius 3 is 2.25 bits per heavy atom. The SMILES string of the molecule is C[C@@H](N)[C@@H]1CC[C@@H](N)[C@@H](C2[C@@H](N)C[C@@H](N)[C@H](O)[C@H]2O)O1. The van der Waals surface area contributed by atoms with Crippen molar-refractivity contribution in [1.82, 2.24) is 0 Å². The molecule has 0 aromatic rings. The lowest BCUT2D eigenvalue weighted by Crippen LogP contribution is -2.65. The predicted octanol–water partition coefficient (Wildman–Crippen LogP) is -2.40. The summed E-state index contributed by atoms with van der Waals surface area (Å²) in [7, 11) is 0. The van der Waals surface area contributed by atoms with Gasteiger partial charge in [0.05, 0.1) is 24.4 Å². The maximum atomic E-state index is 10.3. The largest absolute Gasteiger partial charge is 0.390 e. The lowest BCUT2D eigenvalue weighted by Gasteiger charge is -2.48. The summed E-state index contributed by atoms with van der Waals surface area (Å²) in [5, 5.41) is 20.3. The van der Waals surface area contributed by atoms with Crippen LogP contribution < -0.4 is 22.9 Å². The molecule has 2 fully saturated rings. The van der Waals surface area contributed by atoms with Crippen molar-refractivity contribution in [2.75, 3.05) is 0 Å². The van der Waals surface area contributed by atoms with Crippen molar-refractivity contribution in [3.05, 3.63) is 0 Å². The highest BCUT2D eigenvalue weighted by Crippen LogP contribution is 2.33. The molecule has 1 aliphatic carbocycles. The number of rotatable bonds is 2. The third-order valence-electron chi connectivity index (χ3n) is 4.73. The summed E-state index contributed by atoms with van der Waals surface area (Å²) in [6.07, 6.45) is -0.482. The van der Waals surface area contributed by atoms with Crippen LogP contribution in [0.15, 0.2) is 0 Å². The van der Waals surface area contributed by atoms with Crippen LogP contribution in [0.5, 0.6) is 0 Å². The van der Waals surface area contributed by atoms with Crippen molar-refractivity contribution in [2.24, 2.45) is 28.9 Å². The average molecular weight is 288 g/mol. The van der Waals surface area contributed by atoms with Crippen molar-refractivity contribution in [2.45, 2.75) is 74.8 Å². The molecule has 0 amide bonds. The van der Waals surface area contributed by atoms with Crippen molar-refractivity contribution in [1.29, 1.82) is 0 Å². The Bertz CT molecular complexity index is 331. The first-order valence-electron chi connectivity index (χ1n) is 7.36. The molecule has 10 N–H and O–H groups in total. The van der Waals surface area contributed by atoms with Crippen LogP contribution in [0.4, 0.5) is 0 Å². The molecule has 2 rings (SSSR count). The number of ether oxygens (including phenoxy) is 1. The third kappa shape index (κ3) is 2.99. The van der Waals surface area contributed by atoms with E-state index >= 15 is 0 Å². The average Bonchev–Trinajstić information content (AvgIpc) is 2.38. The summed E-state index contributed by atoms with van der Waals surface area (Å²) in [5.74, 6) is -0.415. The molecule has 118 valence electrons. The van der Waals surface area contributed by atoms with Gasteiger partial charge >= 0.3 is 0 Å². The minimum atomic E-state index is -1.02. The van der Waals surface area contributed by atoms with Crippen LogP contribution in [0.2, 0.25) is 0 Å². The lowest BCUT2D eigenvalue weighted by molar-refractivity contribution is -0.155. The van der Waals surface area contributed by atoms with Crippen molar-refractivity contribution >= 4 is 0 Å². The number of hydrogen-bond acceptors (Lipinski definition) is 7. The van der Waals surface area contributed by atoms with Gasteiger partial charge in [0.25, 0.3) is 0 Å². The summed E-state index contributed by atoms with van der Waals surface area (Å²) >= 11 is 0. The van der Waals surface area contributed by atoms with Gasteiger partial charge in [-0.3, -0.25) is 0 Å². The van der Waals surface area contributed by atoms with Gasteiger partial charge in [0.2, 0.25) is 0 Å². The number of aliphatic hydroxyl groups excluding tert-OH is 2. The Balaban J connectivity index is 2.14. The van der Waals surface area contributed by atoms with Gasteiger partial charge in [-0.2, -0.15) is 0 Å². The molecule has 0 bridgehead atoms. The van der Waals surface area contributed by atoms with Crippen molar-refractivity contribution in [3.63, 3.8) is 0 Å². The topological polar surface area (TPSA) is 154 Å². The number of hydrogen-bond donors (Lipinski definition) is 6. The summed E-state index contributed by atoms with van der Waals surface area (Å²) < 4.78 is 5.98. The second kappa shape index (κ2) is 6.23. The minimum absolute atomic E-state index is 0.0908. The van der Waals surface area contributed by atoms with Gasteiger partial charge in [-0.1, -0.05) is 0 Å². The van der Waals surface area contributed by atoms with Gasteiger partial charge < -0.3 is 37.9 Å². The van der Waals surface area contributed by atoms with Crippen LogP contribution >= 0.6 is 0 Å². The van der Waals surface area contributed by atoms with Crippen LogP contribution in [0.25, 0.3) is 0 Å². The molecule has 7 nitrogen and oxygen atoms in total. The van der Waals surface area contributed by atoms with Gasteiger partial charge in [-0.25, -0.2) is 0 Å². The van der Waals surface area contributed by atoms with Crippen LogP contribution in [-0.2, 0) is 4.74 Å². The Morgan fingerprint density at radius 1 is 1.00 bits per heavy atom. The number of aliphatic hydroxyl groups is 2. The molecule has 1 saturated heterocycles. The summed E-state index contributed by atoms with van der Waals surface area (Å²) in [6, 6.07) is -1.17. The maximum Gasteiger partial charge on any atom is 0.0954 e. The van der Waals surface area contributed by atoms with E-state index < -0.39 is 30.3 Å². The highest BCUT2D eigenvalue weighted by Gasteiger charge is 2.48. The highest BCUT2D eigenvalue weighted by atomic mass is 16.5. The van der Waals surface area contributed by atoms with Crippen molar-refractivity contribution in [3.8, 4) is 0 Å². The van der Waals surface area contributed by atoms with E-state index in [-0.39, 0.29) is 24.2 Å². The second-order valence-electron chi connectivity index (χ2n) is 6.36. The fourth-order valence-corrected chi connectivity index (χ4v) is 3.44. The lowest BCUT2D eigenvalue weighted by atomic mass is 9.72. The zero-order chi connectivity index (χ0) is 15.0. The zero-order valence-electron chi connectivity index (χ0n) is 11.9. The maximum absolute atomic E-state index is 10.3. The molecule has 0 aromatic heterocycles. The first-order valence-corrected chi connectivity index (χ1v) is 7.36. The van der Waals surface area contributed by atoms with Crippen LogP contribution in [0.3, 0.4) is 0 Å². The highest BCUT2D eigenvalue weighted by molar-refractivity contribution is 5.03. The van der Waals surface area contributed by atoms with E-state index in [4.69, 9.17) is 27.7 Å². The summed E-state index contributed by atoms with van der Waals surface area (Å²) in [4.78, 5) is 0. The Kier molecular flexibility index (Phi) is 5.01. The zero-order valence-corrected chi connectivity index (χ0v) is 11.9. The van der Waals surface area contributed by atoms with E-state index in [2.05, 4.69) is 0 Å². The van der Waals surface area contributed by atoms with Crippen LogP contribution in [0, 0.1) is 5.92 Å². The van der Waals surface area contributed by atoms with Crippen LogP contribution in [0.1, 0.15) is 26.2 Å². The first-order chi connectivity index (χ1) is 9.32. The second-order valence-corrected chi connectivity index (χ2v) is 6.36. The molecule has 7 heteroatoms. The van der Waals surface area contributed by atoms with E-state index in [9.17, 15) is 10.2 Å². The summed E-state index contributed by atoms with van der Waals surface area (Å²) in [5.41, 5.74) is 23.9. The molecule has 9 atom stereocenters. The third-order valence-corrected chi connectivity index (χ3v) is 4.73. The fraction of sp³-hybridized carbons (Fsp3) is 1.00. The molecular formula is C13H28N4O3. The Morgan fingerprint density at radius 2 is 1.65 bits per heavy atom. The Hall–Kier alpha value is -0.280. The smallest absolute Gasteiger partial charge is 0.0954 e. The molecule has 1 saturated carbocycles. The quantitative estimate of drug-likeness (QED) is 0.331. The van der Waals surface area contributed by atoms with Gasteiger partial charge in [-0.15, -0.1) is 0 Å². The van der Waals surface area contributed by atoms with E-state index in [0.29, 0.717) is 6.42 Å². The minimum Gasteiger partial charge on any atom is -0.390 e. The number of nitrogens with two attached hydrogens (primary N) is 4. The van der Waals surface area contributed by atoms with E-state index in [1.807, 2.05) is 6.92 Å². The molecule has 2 aliphatic rings. The van der Waals surface area contributed by atoms with Crippen molar-refractivity contribution < 1.29 is 14.9 Å². The molecule has 20 heavy (non-hydrogen) atoms. The van der Waals surface area contributed by atoms with E-state index in [1.54, 1.807) is 0 Å². The molecule has 0 aromatic carbocycles. The predicted molar refractivity (Wildman–Crippen MR) is 75.6 cm³/mol. The van der Waals surface area contributed by atoms with Gasteiger partial charge in [0.15, 0.2) is 0 Å². The van der Waals surface area contributed by atoms with E-state index in [1.165, 1.54) is 0 Å². The van der Waals surface area contributed by atoms with E-state index in [0.717, 1.165) is 12.8 Å². The summed E-state index contributed by atoms with van der Waals surface area (Å²) in [6.45, 7) is 1.89. The normalized spacial score (nSPS) is 51.8.